The van der Waals surface area contributed by atoms with Crippen LogP contribution in [0.15, 0.2) is 48.5 Å². The predicted molar refractivity (Wildman–Crippen MR) is 109 cm³/mol. The van der Waals surface area contributed by atoms with E-state index in [-0.39, 0.29) is 16.5 Å². The second-order valence-corrected chi connectivity index (χ2v) is 5.96. The monoisotopic (exact) mass is 385 g/mol. The Morgan fingerprint density at radius 3 is 2.59 bits per heavy atom. The Kier molecular flexibility index (Phi) is 7.01. The van der Waals surface area contributed by atoms with Gasteiger partial charge in [0.1, 0.15) is 11.4 Å². The number of carbonyl (C=O) groups excluding carboxylic acids is 1. The third-order valence-electron chi connectivity index (χ3n) is 3.45. The van der Waals surface area contributed by atoms with Crippen LogP contribution < -0.4 is 15.4 Å². The van der Waals surface area contributed by atoms with Gasteiger partial charge in [0.15, 0.2) is 5.11 Å². The molecule has 0 saturated carbocycles. The van der Waals surface area contributed by atoms with E-state index in [1.165, 1.54) is 12.1 Å². The molecular formula is C19H19N3O4S. The van der Waals surface area contributed by atoms with Crippen LogP contribution in [0.2, 0.25) is 0 Å². The summed E-state index contributed by atoms with van der Waals surface area (Å²) in [5.74, 6) is 0.306. The maximum Gasteiger partial charge on any atom is 0.292 e. The van der Waals surface area contributed by atoms with Crippen molar-refractivity contribution in [3.05, 3.63) is 69.8 Å². The molecule has 27 heavy (non-hydrogen) atoms. The van der Waals surface area contributed by atoms with Gasteiger partial charge in [-0.3, -0.25) is 20.2 Å². The van der Waals surface area contributed by atoms with Crippen molar-refractivity contribution in [2.24, 2.45) is 0 Å². The predicted octanol–water partition coefficient (Wildman–Crippen LogP) is 3.83. The van der Waals surface area contributed by atoms with Crippen LogP contribution in [0.5, 0.6) is 5.75 Å². The minimum atomic E-state index is -0.508. The van der Waals surface area contributed by atoms with E-state index in [9.17, 15) is 14.9 Å². The van der Waals surface area contributed by atoms with Crippen molar-refractivity contribution in [2.45, 2.75) is 13.8 Å². The molecule has 1 amide bonds. The summed E-state index contributed by atoms with van der Waals surface area (Å²) in [5, 5.41) is 16.2. The molecule has 0 unspecified atom stereocenters. The first-order chi connectivity index (χ1) is 12.9. The number of nitrogens with one attached hydrogen (secondary N) is 2. The molecule has 0 fully saturated rings. The van der Waals surface area contributed by atoms with Crippen LogP contribution in [0.4, 0.5) is 11.4 Å². The van der Waals surface area contributed by atoms with E-state index in [1.807, 2.05) is 31.2 Å². The highest BCUT2D eigenvalue weighted by Crippen LogP contribution is 2.25. The molecule has 2 aromatic rings. The third kappa shape index (κ3) is 6.19. The minimum Gasteiger partial charge on any atom is -0.494 e. The molecule has 0 aliphatic rings. The summed E-state index contributed by atoms with van der Waals surface area (Å²) in [6.45, 7) is 4.24. The summed E-state index contributed by atoms with van der Waals surface area (Å²) in [7, 11) is 0. The Morgan fingerprint density at radius 1 is 1.26 bits per heavy atom. The fourth-order valence-electron chi connectivity index (χ4n) is 2.22. The summed E-state index contributed by atoms with van der Waals surface area (Å²) in [4.78, 5) is 22.6. The number of hydrogen-bond acceptors (Lipinski definition) is 5. The van der Waals surface area contributed by atoms with Crippen molar-refractivity contribution >= 4 is 40.7 Å². The van der Waals surface area contributed by atoms with Crippen LogP contribution in [0.3, 0.4) is 0 Å². The summed E-state index contributed by atoms with van der Waals surface area (Å²) in [5.41, 5.74) is 1.67. The Balaban J connectivity index is 1.96. The van der Waals surface area contributed by atoms with Gasteiger partial charge in [0.25, 0.3) is 5.69 Å². The molecular weight excluding hydrogens is 366 g/mol. The van der Waals surface area contributed by atoms with Crippen molar-refractivity contribution < 1.29 is 14.5 Å². The van der Waals surface area contributed by atoms with E-state index >= 15 is 0 Å². The van der Waals surface area contributed by atoms with Crippen LogP contribution in [-0.2, 0) is 4.79 Å². The van der Waals surface area contributed by atoms with Gasteiger partial charge in [-0.2, -0.15) is 0 Å². The zero-order chi connectivity index (χ0) is 19.8. The molecule has 0 spiro atoms. The van der Waals surface area contributed by atoms with Crippen molar-refractivity contribution in [2.75, 3.05) is 11.9 Å². The van der Waals surface area contributed by atoms with E-state index in [2.05, 4.69) is 10.6 Å². The number of rotatable bonds is 6. The highest BCUT2D eigenvalue weighted by molar-refractivity contribution is 7.80. The van der Waals surface area contributed by atoms with Gasteiger partial charge in [-0.1, -0.05) is 18.2 Å². The van der Waals surface area contributed by atoms with E-state index in [0.717, 1.165) is 16.9 Å². The third-order valence-corrected chi connectivity index (χ3v) is 3.66. The van der Waals surface area contributed by atoms with Crippen LogP contribution in [0.1, 0.15) is 18.1 Å². The smallest absolute Gasteiger partial charge is 0.292 e. The number of benzene rings is 2. The molecule has 0 radical (unpaired) electrons. The highest BCUT2D eigenvalue weighted by Gasteiger charge is 2.15. The molecule has 0 aromatic heterocycles. The first kappa shape index (κ1) is 20.1. The topological polar surface area (TPSA) is 93.5 Å². The first-order valence-electron chi connectivity index (χ1n) is 8.17. The van der Waals surface area contributed by atoms with Gasteiger partial charge in [0.2, 0.25) is 5.91 Å². The van der Waals surface area contributed by atoms with Crippen molar-refractivity contribution in [1.82, 2.24) is 5.32 Å². The zero-order valence-electron chi connectivity index (χ0n) is 14.9. The molecule has 7 nitrogen and oxygen atoms in total. The average Bonchev–Trinajstić information content (AvgIpc) is 2.62. The van der Waals surface area contributed by atoms with E-state index in [4.69, 9.17) is 17.0 Å². The molecule has 0 aliphatic carbocycles. The van der Waals surface area contributed by atoms with Gasteiger partial charge in [0.05, 0.1) is 11.5 Å². The van der Waals surface area contributed by atoms with Gasteiger partial charge < -0.3 is 10.1 Å². The molecule has 2 aromatic carbocycles. The summed E-state index contributed by atoms with van der Waals surface area (Å²) in [6.07, 6.45) is 2.95. The van der Waals surface area contributed by atoms with E-state index < -0.39 is 10.8 Å². The van der Waals surface area contributed by atoms with Gasteiger partial charge in [-0.15, -0.1) is 0 Å². The number of thiocarbonyl (C=S) groups is 1. The summed E-state index contributed by atoms with van der Waals surface area (Å²) in [6, 6.07) is 11.9. The molecule has 0 atom stereocenters. The maximum absolute atomic E-state index is 12.0. The van der Waals surface area contributed by atoms with Crippen molar-refractivity contribution in [3.63, 3.8) is 0 Å². The maximum atomic E-state index is 12.0. The number of amides is 1. The number of ether oxygens (including phenoxy) is 1. The Morgan fingerprint density at radius 2 is 1.96 bits per heavy atom. The summed E-state index contributed by atoms with van der Waals surface area (Å²) >= 11 is 5.05. The number of nitro benzene ring substituents is 1. The Bertz CT molecular complexity index is 879. The largest absolute Gasteiger partial charge is 0.494 e. The van der Waals surface area contributed by atoms with Crippen molar-refractivity contribution in [1.29, 1.82) is 0 Å². The molecule has 140 valence electrons. The minimum absolute atomic E-state index is 0.0247. The quantitative estimate of drug-likeness (QED) is 0.340. The lowest BCUT2D eigenvalue weighted by atomic mass is 10.2. The van der Waals surface area contributed by atoms with Gasteiger partial charge in [-0.25, -0.2) is 0 Å². The Hall–Kier alpha value is -3.26. The Labute approximate surface area is 162 Å². The molecule has 0 aliphatic heterocycles. The van der Waals surface area contributed by atoms with Gasteiger partial charge in [-0.05, 0) is 61.5 Å². The second-order valence-electron chi connectivity index (χ2n) is 5.56. The lowest BCUT2D eigenvalue weighted by molar-refractivity contribution is -0.383. The lowest BCUT2D eigenvalue weighted by Crippen LogP contribution is -2.33. The van der Waals surface area contributed by atoms with E-state index in [1.54, 1.807) is 25.1 Å². The number of nitro groups is 1. The number of nitrogens with zero attached hydrogens (tertiary/aromatic N) is 1. The number of aryl methyl sites for hydroxylation is 1. The molecule has 0 heterocycles. The fourth-order valence-corrected chi connectivity index (χ4v) is 2.43. The molecule has 0 saturated heterocycles. The SMILES string of the molecule is CCOc1ccc(/C=C/C(=O)NC(=S)Nc2ccc(C)cc2[N+](=O)[O-])cc1. The molecule has 8 heteroatoms. The molecule has 2 N–H and O–H groups in total. The van der Waals surface area contributed by atoms with Gasteiger partial charge >= 0.3 is 0 Å². The fraction of sp³-hybridized carbons (Fsp3) is 0.158. The van der Waals surface area contributed by atoms with Crippen molar-refractivity contribution in [3.8, 4) is 5.75 Å². The van der Waals surface area contributed by atoms with Crippen LogP contribution in [-0.4, -0.2) is 22.5 Å². The van der Waals surface area contributed by atoms with Gasteiger partial charge in [0, 0.05) is 12.1 Å². The molecule has 2 rings (SSSR count). The molecule has 0 bridgehead atoms. The van der Waals surface area contributed by atoms with Crippen LogP contribution in [0.25, 0.3) is 6.08 Å². The first-order valence-corrected chi connectivity index (χ1v) is 8.58. The number of anilines is 1. The zero-order valence-corrected chi connectivity index (χ0v) is 15.7. The second kappa shape index (κ2) is 9.44. The standard InChI is InChI=1S/C19H19N3O4S/c1-3-26-15-8-5-14(6-9-15)7-11-18(23)21-19(27)20-16-10-4-13(2)12-17(16)22(24)25/h4-12H,3H2,1-2H3,(H2,20,21,23,27)/b11-7+. The number of hydrogen-bond donors (Lipinski definition) is 2. The van der Waals surface area contributed by atoms with E-state index in [0.29, 0.717) is 6.61 Å². The summed E-state index contributed by atoms with van der Waals surface area (Å²) < 4.78 is 5.35. The lowest BCUT2D eigenvalue weighted by Gasteiger charge is -2.09. The van der Waals surface area contributed by atoms with Crippen LogP contribution >= 0.6 is 12.2 Å². The number of carbonyl (C=O) groups is 1. The average molecular weight is 385 g/mol. The normalized spacial score (nSPS) is 10.4. The van der Waals surface area contributed by atoms with Crippen LogP contribution in [0, 0.1) is 17.0 Å². The highest BCUT2D eigenvalue weighted by atomic mass is 32.1.